The third-order valence-electron chi connectivity index (χ3n) is 1.66. The minimum absolute atomic E-state index is 0.542. The van der Waals surface area contributed by atoms with Crippen LogP contribution in [0.15, 0.2) is 0 Å². The van der Waals surface area contributed by atoms with E-state index >= 15 is 0 Å². The van der Waals surface area contributed by atoms with Gasteiger partial charge >= 0.3 is 0 Å². The lowest BCUT2D eigenvalue weighted by Crippen LogP contribution is -2.14. The summed E-state index contributed by atoms with van der Waals surface area (Å²) in [6.07, 6.45) is 2.74. The van der Waals surface area contributed by atoms with Crippen molar-refractivity contribution in [2.75, 3.05) is 20.1 Å². The summed E-state index contributed by atoms with van der Waals surface area (Å²) in [6, 6.07) is 0. The highest BCUT2D eigenvalue weighted by atomic mass is 15.1. The van der Waals surface area contributed by atoms with Gasteiger partial charge in [0.1, 0.15) is 0 Å². The molecule has 0 bridgehead atoms. The van der Waals surface area contributed by atoms with Crippen LogP contribution in [0.4, 0.5) is 0 Å². The molecule has 8 heavy (non-hydrogen) atoms. The Kier molecular flexibility index (Phi) is 1.63. The van der Waals surface area contributed by atoms with E-state index in [1.165, 1.54) is 13.0 Å². The van der Waals surface area contributed by atoms with Gasteiger partial charge in [0.15, 0.2) is 0 Å². The largest absolute Gasteiger partial charge is 0.313 e. The van der Waals surface area contributed by atoms with Gasteiger partial charge in [0, 0.05) is 12.5 Å². The predicted octanol–water partition coefficient (Wildman–Crippen LogP) is 0.588. The molecule has 1 N–H and O–H groups in total. The minimum atomic E-state index is 0.542. The summed E-state index contributed by atoms with van der Waals surface area (Å²) in [5, 5.41) is 6.94. The molecule has 2 heteroatoms. The summed E-state index contributed by atoms with van der Waals surface area (Å²) in [6.45, 7) is 2.25. The van der Waals surface area contributed by atoms with Crippen LogP contribution in [0.2, 0.25) is 0 Å². The van der Waals surface area contributed by atoms with E-state index in [1.54, 1.807) is 6.21 Å². The second-order valence-corrected chi connectivity index (χ2v) is 2.48. The maximum Gasteiger partial charge on any atom is 0.00748 e. The molecule has 0 saturated carbocycles. The van der Waals surface area contributed by atoms with E-state index in [9.17, 15) is 0 Å². The molecule has 1 aliphatic rings. The molecule has 46 valence electrons. The third-order valence-corrected chi connectivity index (χ3v) is 1.66. The van der Waals surface area contributed by atoms with Crippen molar-refractivity contribution < 1.29 is 0 Å². The Morgan fingerprint density at radius 3 is 2.75 bits per heavy atom. The molecular weight excluding hydrogens is 100 g/mol. The maximum absolute atomic E-state index is 6.94. The van der Waals surface area contributed by atoms with Crippen LogP contribution in [0.5, 0.6) is 0 Å². The summed E-state index contributed by atoms with van der Waals surface area (Å²) < 4.78 is 0. The Labute approximate surface area is 50.0 Å². The first-order valence-corrected chi connectivity index (χ1v) is 3.02. The van der Waals surface area contributed by atoms with Gasteiger partial charge in [-0.2, -0.15) is 0 Å². The van der Waals surface area contributed by atoms with Gasteiger partial charge in [0.2, 0.25) is 0 Å². The standard InChI is InChI=1S/C6H12N2/c1-8-3-2-6(4-7)5-8/h4,6-7H,2-3,5H2,1H3. The topological polar surface area (TPSA) is 27.1 Å². The molecule has 0 radical (unpaired) electrons. The van der Waals surface area contributed by atoms with Crippen LogP contribution in [0.25, 0.3) is 0 Å². The Morgan fingerprint density at radius 2 is 2.50 bits per heavy atom. The van der Waals surface area contributed by atoms with E-state index in [0.717, 1.165) is 6.54 Å². The molecule has 1 heterocycles. The van der Waals surface area contributed by atoms with Crippen molar-refractivity contribution in [3.63, 3.8) is 0 Å². The summed E-state index contributed by atoms with van der Waals surface area (Å²) in [5.41, 5.74) is 0. The van der Waals surface area contributed by atoms with E-state index in [0.29, 0.717) is 5.92 Å². The SMILES string of the molecule is CN1CCC(C=N)C1. The lowest BCUT2D eigenvalue weighted by Gasteiger charge is -2.03. The summed E-state index contributed by atoms with van der Waals surface area (Å²) in [5.74, 6) is 0.542. The first-order chi connectivity index (χ1) is 3.83. The molecule has 2 nitrogen and oxygen atoms in total. The Balaban J connectivity index is 2.32. The quantitative estimate of drug-likeness (QED) is 0.494. The third kappa shape index (κ3) is 1.07. The van der Waals surface area contributed by atoms with Crippen molar-refractivity contribution in [2.45, 2.75) is 6.42 Å². The van der Waals surface area contributed by atoms with E-state index in [2.05, 4.69) is 11.9 Å². The number of rotatable bonds is 1. The van der Waals surface area contributed by atoms with Crippen LogP contribution in [0.3, 0.4) is 0 Å². The van der Waals surface area contributed by atoms with Crippen molar-refractivity contribution in [1.29, 1.82) is 5.41 Å². The van der Waals surface area contributed by atoms with Crippen molar-refractivity contribution >= 4 is 6.21 Å². The van der Waals surface area contributed by atoms with Crippen LogP contribution < -0.4 is 0 Å². The van der Waals surface area contributed by atoms with Gasteiger partial charge in [-0.1, -0.05) is 0 Å². The molecule has 1 fully saturated rings. The van der Waals surface area contributed by atoms with Crippen molar-refractivity contribution in [3.05, 3.63) is 0 Å². The average Bonchev–Trinajstić information content (AvgIpc) is 2.14. The molecule has 1 aliphatic heterocycles. The smallest absolute Gasteiger partial charge is 0.00748 e. The molecule has 1 unspecified atom stereocenters. The van der Waals surface area contributed by atoms with Gasteiger partial charge in [-0.3, -0.25) is 0 Å². The zero-order valence-corrected chi connectivity index (χ0v) is 5.22. The number of likely N-dealkylation sites (tertiary alicyclic amines) is 1. The van der Waals surface area contributed by atoms with Gasteiger partial charge in [-0.25, -0.2) is 0 Å². The van der Waals surface area contributed by atoms with Crippen molar-refractivity contribution in [2.24, 2.45) is 5.92 Å². The second kappa shape index (κ2) is 2.27. The normalized spacial score (nSPS) is 30.9. The molecule has 1 rings (SSSR count). The molecule has 0 aromatic carbocycles. The van der Waals surface area contributed by atoms with Crippen LogP contribution in [0, 0.1) is 11.3 Å². The lowest BCUT2D eigenvalue weighted by molar-refractivity contribution is 0.411. The predicted molar refractivity (Wildman–Crippen MR) is 34.4 cm³/mol. The zero-order valence-electron chi connectivity index (χ0n) is 5.22. The summed E-state index contributed by atoms with van der Waals surface area (Å²) in [7, 11) is 2.10. The molecule has 0 aromatic rings. The molecule has 1 atom stereocenters. The molecule has 0 amide bonds. The highest BCUT2D eigenvalue weighted by Crippen LogP contribution is 2.10. The number of hydrogen-bond donors (Lipinski definition) is 1. The fourth-order valence-electron chi connectivity index (χ4n) is 1.11. The monoisotopic (exact) mass is 112 g/mol. The molecule has 1 saturated heterocycles. The number of nitrogens with one attached hydrogen (secondary N) is 1. The minimum Gasteiger partial charge on any atom is -0.313 e. The van der Waals surface area contributed by atoms with E-state index in [1.807, 2.05) is 0 Å². The number of nitrogens with zero attached hydrogens (tertiary/aromatic N) is 1. The fraction of sp³-hybridized carbons (Fsp3) is 0.833. The van der Waals surface area contributed by atoms with Crippen molar-refractivity contribution in [1.82, 2.24) is 4.90 Å². The second-order valence-electron chi connectivity index (χ2n) is 2.48. The lowest BCUT2D eigenvalue weighted by atomic mass is 10.1. The first-order valence-electron chi connectivity index (χ1n) is 3.02. The van der Waals surface area contributed by atoms with Gasteiger partial charge < -0.3 is 10.3 Å². The van der Waals surface area contributed by atoms with Crippen LogP contribution >= 0.6 is 0 Å². The maximum atomic E-state index is 6.94. The molecule has 0 aliphatic carbocycles. The van der Waals surface area contributed by atoms with Crippen LogP contribution in [-0.2, 0) is 0 Å². The van der Waals surface area contributed by atoms with E-state index < -0.39 is 0 Å². The Morgan fingerprint density at radius 1 is 1.75 bits per heavy atom. The van der Waals surface area contributed by atoms with Gasteiger partial charge in [0.25, 0.3) is 0 Å². The molecular formula is C6H12N2. The zero-order chi connectivity index (χ0) is 5.98. The number of hydrogen-bond acceptors (Lipinski definition) is 2. The molecule has 0 spiro atoms. The molecule has 0 aromatic heterocycles. The van der Waals surface area contributed by atoms with Gasteiger partial charge in [-0.05, 0) is 26.2 Å². The average molecular weight is 112 g/mol. The van der Waals surface area contributed by atoms with E-state index in [-0.39, 0.29) is 0 Å². The Bertz CT molecular complexity index is 90.5. The fourth-order valence-corrected chi connectivity index (χ4v) is 1.11. The Hall–Kier alpha value is -0.370. The van der Waals surface area contributed by atoms with Crippen LogP contribution in [0.1, 0.15) is 6.42 Å². The highest BCUT2D eigenvalue weighted by Gasteiger charge is 2.15. The van der Waals surface area contributed by atoms with Gasteiger partial charge in [-0.15, -0.1) is 0 Å². The highest BCUT2D eigenvalue weighted by molar-refractivity contribution is 5.57. The van der Waals surface area contributed by atoms with Gasteiger partial charge in [0.05, 0.1) is 0 Å². The van der Waals surface area contributed by atoms with Crippen molar-refractivity contribution in [3.8, 4) is 0 Å². The van der Waals surface area contributed by atoms with E-state index in [4.69, 9.17) is 5.41 Å². The summed E-state index contributed by atoms with van der Waals surface area (Å²) in [4.78, 5) is 2.26. The first kappa shape index (κ1) is 5.76. The van der Waals surface area contributed by atoms with Crippen LogP contribution in [-0.4, -0.2) is 31.3 Å². The summed E-state index contributed by atoms with van der Waals surface area (Å²) >= 11 is 0.